The van der Waals surface area contributed by atoms with Gasteiger partial charge in [0.15, 0.2) is 5.69 Å². The average molecular weight is 485 g/mol. The third-order valence-corrected chi connectivity index (χ3v) is 7.55. The Morgan fingerprint density at radius 3 is 2.75 bits per heavy atom. The Morgan fingerprint density at radius 1 is 1.22 bits per heavy atom. The van der Waals surface area contributed by atoms with E-state index in [0.717, 1.165) is 39.7 Å². The fourth-order valence-corrected chi connectivity index (χ4v) is 5.85. The summed E-state index contributed by atoms with van der Waals surface area (Å²) in [4.78, 5) is 4.57. The fourth-order valence-electron chi connectivity index (χ4n) is 4.80. The van der Waals surface area contributed by atoms with Gasteiger partial charge in [-0.15, -0.1) is 21.6 Å². The lowest BCUT2D eigenvalue weighted by Crippen LogP contribution is -2.31. The van der Waals surface area contributed by atoms with Crippen molar-refractivity contribution >= 4 is 56.3 Å². The van der Waals surface area contributed by atoms with Crippen molar-refractivity contribution < 1.29 is 5.11 Å². The van der Waals surface area contributed by atoms with E-state index in [1.54, 1.807) is 0 Å². The zero-order valence-corrected chi connectivity index (χ0v) is 20.5. The van der Waals surface area contributed by atoms with E-state index in [4.69, 9.17) is 23.2 Å². The first-order valence-corrected chi connectivity index (χ1v) is 12.0. The number of rotatable bonds is 3. The molecule has 3 heterocycles. The highest BCUT2D eigenvalue weighted by Crippen LogP contribution is 2.53. The smallest absolute Gasteiger partial charge is 0.230 e. The Morgan fingerprint density at radius 2 is 2.00 bits per heavy atom. The summed E-state index contributed by atoms with van der Waals surface area (Å²) >= 11 is 14.1. The Kier molecular flexibility index (Phi) is 5.08. The van der Waals surface area contributed by atoms with Crippen molar-refractivity contribution in [2.24, 2.45) is 10.2 Å². The fraction of sp³-hybridized carbons (Fsp3) is 0.292. The van der Waals surface area contributed by atoms with E-state index >= 15 is 0 Å². The summed E-state index contributed by atoms with van der Waals surface area (Å²) in [5.74, 6) is 0.426. The minimum Gasteiger partial charge on any atom is -0.493 e. The summed E-state index contributed by atoms with van der Waals surface area (Å²) in [6.45, 7) is 8.42. The zero-order chi connectivity index (χ0) is 22.8. The van der Waals surface area contributed by atoms with Crippen molar-refractivity contribution in [2.75, 3.05) is 0 Å². The van der Waals surface area contributed by atoms with Crippen molar-refractivity contribution in [3.05, 3.63) is 56.9 Å². The van der Waals surface area contributed by atoms with Gasteiger partial charge in [0.25, 0.3) is 0 Å². The summed E-state index contributed by atoms with van der Waals surface area (Å²) < 4.78 is 1.98. The van der Waals surface area contributed by atoms with Crippen LogP contribution in [0.2, 0.25) is 10.0 Å². The van der Waals surface area contributed by atoms with Crippen molar-refractivity contribution in [3.63, 3.8) is 0 Å². The lowest BCUT2D eigenvalue weighted by atomic mass is 9.82. The van der Waals surface area contributed by atoms with Crippen LogP contribution in [0.15, 0.2) is 45.9 Å². The van der Waals surface area contributed by atoms with Crippen LogP contribution in [-0.4, -0.2) is 14.7 Å². The summed E-state index contributed by atoms with van der Waals surface area (Å²) in [5.41, 5.74) is 4.88. The number of azo groups is 1. The molecule has 1 atom stereocenters. The molecule has 5 nitrogen and oxygen atoms in total. The number of benzene rings is 2. The molecule has 32 heavy (non-hydrogen) atoms. The molecule has 8 heteroatoms. The van der Waals surface area contributed by atoms with E-state index in [-0.39, 0.29) is 11.4 Å². The minimum atomic E-state index is -0.260. The molecule has 2 aromatic carbocycles. The van der Waals surface area contributed by atoms with E-state index in [0.29, 0.717) is 26.8 Å². The normalized spacial score (nSPS) is 17.5. The second-order valence-corrected chi connectivity index (χ2v) is 10.6. The number of hydrogen-bond acceptors (Lipinski definition) is 5. The van der Waals surface area contributed by atoms with Crippen LogP contribution in [0, 0.1) is 6.92 Å². The third kappa shape index (κ3) is 3.33. The molecule has 1 aliphatic rings. The molecule has 0 amide bonds. The topological polar surface area (TPSA) is 62.8 Å². The van der Waals surface area contributed by atoms with E-state index in [2.05, 4.69) is 36.0 Å². The number of thiazole rings is 1. The lowest BCUT2D eigenvalue weighted by molar-refractivity contribution is 0.267. The summed E-state index contributed by atoms with van der Waals surface area (Å²) in [6.07, 6.45) is 0.892. The first kappa shape index (κ1) is 21.4. The first-order valence-electron chi connectivity index (χ1n) is 10.4. The molecule has 4 aromatic rings. The van der Waals surface area contributed by atoms with E-state index in [9.17, 15) is 5.11 Å². The third-order valence-electron chi connectivity index (χ3n) is 6.20. The van der Waals surface area contributed by atoms with Gasteiger partial charge in [0.2, 0.25) is 11.0 Å². The standard InChI is InChI=1S/C24H22Cl2N4OS/c1-12-10-24(3,4)30-21-16(12)9-17(26)13(2)19(21)20(22(30)31)28-29-23-27-18(11-32-23)14-6-5-7-15(25)8-14/h5-9,11-12,31H,10H2,1-4H3. The highest BCUT2D eigenvalue weighted by molar-refractivity contribution is 7.13. The van der Waals surface area contributed by atoms with Gasteiger partial charge in [-0.25, -0.2) is 4.98 Å². The number of halogens is 2. The Hall–Kier alpha value is -2.41. The minimum absolute atomic E-state index is 0.110. The zero-order valence-electron chi connectivity index (χ0n) is 18.1. The maximum Gasteiger partial charge on any atom is 0.230 e. The molecule has 0 aliphatic carbocycles. The van der Waals surface area contributed by atoms with Crippen LogP contribution in [-0.2, 0) is 5.54 Å². The van der Waals surface area contributed by atoms with Gasteiger partial charge in [0.1, 0.15) is 0 Å². The number of aromatic hydroxyl groups is 1. The van der Waals surface area contributed by atoms with Gasteiger partial charge in [-0.3, -0.25) is 0 Å². The van der Waals surface area contributed by atoms with Crippen LogP contribution >= 0.6 is 34.5 Å². The molecule has 1 aliphatic heterocycles. The number of aromatic nitrogens is 2. The molecule has 0 spiro atoms. The molecule has 164 valence electrons. The molecule has 0 radical (unpaired) electrons. The molecular formula is C24H22Cl2N4OS. The predicted molar refractivity (Wildman–Crippen MR) is 132 cm³/mol. The molecule has 0 saturated heterocycles. The highest BCUT2D eigenvalue weighted by Gasteiger charge is 2.37. The van der Waals surface area contributed by atoms with Crippen LogP contribution in [0.4, 0.5) is 10.8 Å². The van der Waals surface area contributed by atoms with Crippen LogP contribution < -0.4 is 0 Å². The van der Waals surface area contributed by atoms with E-state index in [1.165, 1.54) is 11.3 Å². The Bertz CT molecular complexity index is 1400. The van der Waals surface area contributed by atoms with Crippen LogP contribution in [0.25, 0.3) is 22.2 Å². The highest BCUT2D eigenvalue weighted by atomic mass is 35.5. The molecule has 0 bridgehead atoms. The molecular weight excluding hydrogens is 463 g/mol. The molecule has 5 rings (SSSR count). The van der Waals surface area contributed by atoms with Gasteiger partial charge >= 0.3 is 0 Å². The SMILES string of the molecule is Cc1c(Cl)cc2c3c1c(N=Nc1nc(-c4cccc(Cl)c4)cs1)c(O)n3C(C)(C)CC2C. The van der Waals surface area contributed by atoms with Crippen LogP contribution in [0.1, 0.15) is 44.2 Å². The van der Waals surface area contributed by atoms with Crippen LogP contribution in [0.5, 0.6) is 5.88 Å². The molecule has 2 aromatic heterocycles. The Balaban J connectivity index is 1.64. The van der Waals surface area contributed by atoms with Gasteiger partial charge in [-0.2, -0.15) is 0 Å². The van der Waals surface area contributed by atoms with Gasteiger partial charge in [-0.1, -0.05) is 42.3 Å². The molecule has 1 N–H and O–H groups in total. The maximum absolute atomic E-state index is 11.2. The second kappa shape index (κ2) is 7.58. The van der Waals surface area contributed by atoms with E-state index in [1.807, 2.05) is 47.2 Å². The largest absolute Gasteiger partial charge is 0.493 e. The molecule has 1 unspecified atom stereocenters. The summed E-state index contributed by atoms with van der Waals surface area (Å²) in [7, 11) is 0. The van der Waals surface area contributed by atoms with Crippen molar-refractivity contribution in [2.45, 2.75) is 45.6 Å². The molecule has 0 fully saturated rings. The van der Waals surface area contributed by atoms with Gasteiger partial charge in [0, 0.05) is 31.9 Å². The van der Waals surface area contributed by atoms with Gasteiger partial charge in [0.05, 0.1) is 11.2 Å². The van der Waals surface area contributed by atoms with Crippen LogP contribution in [0.3, 0.4) is 0 Å². The van der Waals surface area contributed by atoms with Crippen molar-refractivity contribution in [1.29, 1.82) is 0 Å². The van der Waals surface area contributed by atoms with Crippen molar-refractivity contribution in [1.82, 2.24) is 9.55 Å². The summed E-state index contributed by atoms with van der Waals surface area (Å²) in [6, 6.07) is 9.55. The average Bonchev–Trinajstić information content (AvgIpc) is 3.31. The first-order chi connectivity index (χ1) is 15.2. The van der Waals surface area contributed by atoms with E-state index < -0.39 is 0 Å². The number of aryl methyl sites for hydroxylation is 1. The quantitative estimate of drug-likeness (QED) is 0.295. The van der Waals surface area contributed by atoms with Crippen molar-refractivity contribution in [3.8, 4) is 17.1 Å². The monoisotopic (exact) mass is 484 g/mol. The Labute approximate surface area is 200 Å². The second-order valence-electron chi connectivity index (χ2n) is 8.95. The maximum atomic E-state index is 11.2. The number of nitrogens with zero attached hydrogens (tertiary/aromatic N) is 4. The lowest BCUT2D eigenvalue weighted by Gasteiger charge is -2.37. The molecule has 0 saturated carbocycles. The predicted octanol–water partition coefficient (Wildman–Crippen LogP) is 8.74. The van der Waals surface area contributed by atoms with Gasteiger partial charge < -0.3 is 9.67 Å². The number of hydrogen-bond donors (Lipinski definition) is 1. The summed E-state index contributed by atoms with van der Waals surface area (Å²) in [5, 5.41) is 24.7. The van der Waals surface area contributed by atoms with Gasteiger partial charge in [-0.05, 0) is 62.4 Å².